The molecule has 3 aromatic rings. The van der Waals surface area contributed by atoms with Crippen molar-refractivity contribution in [2.75, 3.05) is 0 Å². The van der Waals surface area contributed by atoms with E-state index in [-0.39, 0.29) is 18.5 Å². The SMILES string of the molecule is CCC(C(=O)OCc1cc(=O)oc2c(C)c(C)ccc12)c1ccccc1. The van der Waals surface area contributed by atoms with Crippen molar-refractivity contribution in [2.45, 2.75) is 39.7 Å². The lowest BCUT2D eigenvalue weighted by atomic mass is 9.97. The van der Waals surface area contributed by atoms with Gasteiger partial charge in [-0.15, -0.1) is 0 Å². The van der Waals surface area contributed by atoms with Crippen LogP contribution in [-0.4, -0.2) is 5.97 Å². The van der Waals surface area contributed by atoms with Crippen molar-refractivity contribution in [2.24, 2.45) is 0 Å². The molecule has 0 saturated heterocycles. The Kier molecular flexibility index (Phi) is 5.21. The number of fused-ring (bicyclic) bond motifs is 1. The predicted molar refractivity (Wildman–Crippen MR) is 101 cm³/mol. The Balaban J connectivity index is 1.87. The van der Waals surface area contributed by atoms with Crippen molar-refractivity contribution >= 4 is 16.9 Å². The monoisotopic (exact) mass is 350 g/mol. The first-order chi connectivity index (χ1) is 12.5. The predicted octanol–water partition coefficient (Wildman–Crippen LogP) is 4.65. The summed E-state index contributed by atoms with van der Waals surface area (Å²) in [4.78, 5) is 24.5. The number of hydrogen-bond acceptors (Lipinski definition) is 4. The van der Waals surface area contributed by atoms with E-state index in [2.05, 4.69) is 0 Å². The Labute approximate surface area is 152 Å². The molecular weight excluding hydrogens is 328 g/mol. The fourth-order valence-electron chi connectivity index (χ4n) is 3.12. The van der Waals surface area contributed by atoms with Gasteiger partial charge in [0.05, 0.1) is 5.92 Å². The number of carbonyl (C=O) groups is 1. The molecule has 1 atom stereocenters. The Bertz CT molecular complexity index is 986. The van der Waals surface area contributed by atoms with Crippen LogP contribution in [0.4, 0.5) is 0 Å². The van der Waals surface area contributed by atoms with E-state index in [9.17, 15) is 9.59 Å². The highest BCUT2D eigenvalue weighted by Gasteiger charge is 2.20. The second kappa shape index (κ2) is 7.56. The maximum Gasteiger partial charge on any atom is 0.336 e. The summed E-state index contributed by atoms with van der Waals surface area (Å²) in [5.41, 5.74) is 3.68. The summed E-state index contributed by atoms with van der Waals surface area (Å²) in [5, 5.41) is 0.799. The van der Waals surface area contributed by atoms with Crippen LogP contribution in [0.15, 0.2) is 57.7 Å². The van der Waals surface area contributed by atoms with Gasteiger partial charge in [-0.25, -0.2) is 4.79 Å². The Morgan fingerprint density at radius 2 is 1.85 bits per heavy atom. The number of rotatable bonds is 5. The van der Waals surface area contributed by atoms with Gasteiger partial charge in [-0.2, -0.15) is 0 Å². The molecule has 0 radical (unpaired) electrons. The van der Waals surface area contributed by atoms with Crippen LogP contribution in [-0.2, 0) is 16.1 Å². The Morgan fingerprint density at radius 1 is 1.12 bits per heavy atom. The van der Waals surface area contributed by atoms with Crippen molar-refractivity contribution in [3.8, 4) is 0 Å². The average Bonchev–Trinajstić information content (AvgIpc) is 2.64. The number of benzene rings is 2. The molecule has 0 N–H and O–H groups in total. The maximum absolute atomic E-state index is 12.6. The third-order valence-corrected chi connectivity index (χ3v) is 4.78. The highest BCUT2D eigenvalue weighted by Crippen LogP contribution is 2.25. The Morgan fingerprint density at radius 3 is 2.54 bits per heavy atom. The van der Waals surface area contributed by atoms with Gasteiger partial charge < -0.3 is 9.15 Å². The third-order valence-electron chi connectivity index (χ3n) is 4.78. The zero-order valence-electron chi connectivity index (χ0n) is 15.2. The molecule has 0 spiro atoms. The van der Waals surface area contributed by atoms with Gasteiger partial charge in [-0.05, 0) is 37.0 Å². The second-order valence-corrected chi connectivity index (χ2v) is 6.45. The highest BCUT2D eigenvalue weighted by atomic mass is 16.5. The standard InChI is InChI=1S/C22H22O4/c1-4-18(16-8-6-5-7-9-16)22(24)25-13-17-12-20(23)26-21-15(3)14(2)10-11-19(17)21/h5-12,18H,4,13H2,1-3H3. The third kappa shape index (κ3) is 3.54. The minimum absolute atomic E-state index is 0.0484. The van der Waals surface area contributed by atoms with E-state index in [1.165, 1.54) is 6.07 Å². The van der Waals surface area contributed by atoms with Crippen LogP contribution in [0, 0.1) is 13.8 Å². The fraction of sp³-hybridized carbons (Fsp3) is 0.273. The van der Waals surface area contributed by atoms with Gasteiger partial charge in [0.1, 0.15) is 12.2 Å². The molecule has 0 amide bonds. The topological polar surface area (TPSA) is 56.5 Å². The summed E-state index contributed by atoms with van der Waals surface area (Å²) >= 11 is 0. The molecule has 0 fully saturated rings. The summed E-state index contributed by atoms with van der Waals surface area (Å²) in [6.07, 6.45) is 0.652. The first-order valence-corrected chi connectivity index (χ1v) is 8.75. The molecule has 0 aliphatic heterocycles. The van der Waals surface area contributed by atoms with Crippen LogP contribution in [0.3, 0.4) is 0 Å². The molecule has 1 unspecified atom stereocenters. The van der Waals surface area contributed by atoms with Crippen LogP contribution in [0.2, 0.25) is 0 Å². The minimum Gasteiger partial charge on any atom is -0.460 e. The first-order valence-electron chi connectivity index (χ1n) is 8.75. The van der Waals surface area contributed by atoms with E-state index in [1.54, 1.807) is 0 Å². The van der Waals surface area contributed by atoms with E-state index in [4.69, 9.17) is 9.15 Å². The molecule has 0 saturated carbocycles. The van der Waals surface area contributed by atoms with Gasteiger partial charge in [0, 0.05) is 17.0 Å². The molecule has 2 aromatic carbocycles. The van der Waals surface area contributed by atoms with Crippen molar-refractivity contribution in [1.82, 2.24) is 0 Å². The summed E-state index contributed by atoms with van der Waals surface area (Å²) in [7, 11) is 0. The zero-order valence-corrected chi connectivity index (χ0v) is 15.2. The largest absolute Gasteiger partial charge is 0.460 e. The molecule has 4 nitrogen and oxygen atoms in total. The maximum atomic E-state index is 12.6. The molecule has 4 heteroatoms. The van der Waals surface area contributed by atoms with Crippen molar-refractivity contribution < 1.29 is 13.9 Å². The zero-order chi connectivity index (χ0) is 18.7. The smallest absolute Gasteiger partial charge is 0.336 e. The highest BCUT2D eigenvalue weighted by molar-refractivity contribution is 5.84. The van der Waals surface area contributed by atoms with Crippen LogP contribution in [0.25, 0.3) is 11.0 Å². The van der Waals surface area contributed by atoms with Gasteiger partial charge in [0.15, 0.2) is 0 Å². The quantitative estimate of drug-likeness (QED) is 0.496. The van der Waals surface area contributed by atoms with Gasteiger partial charge >= 0.3 is 11.6 Å². The number of esters is 1. The molecule has 0 aliphatic carbocycles. The second-order valence-electron chi connectivity index (χ2n) is 6.45. The number of aryl methyl sites for hydroxylation is 2. The number of carbonyl (C=O) groups excluding carboxylic acids is 1. The molecule has 1 heterocycles. The fourth-order valence-corrected chi connectivity index (χ4v) is 3.12. The number of hydrogen-bond donors (Lipinski definition) is 0. The van der Waals surface area contributed by atoms with E-state index < -0.39 is 5.63 Å². The Hall–Kier alpha value is -2.88. The van der Waals surface area contributed by atoms with Crippen molar-refractivity contribution in [1.29, 1.82) is 0 Å². The van der Waals surface area contributed by atoms with E-state index in [0.29, 0.717) is 17.6 Å². The lowest BCUT2D eigenvalue weighted by Gasteiger charge is -2.15. The van der Waals surface area contributed by atoms with E-state index in [1.807, 2.05) is 63.2 Å². The first kappa shape index (κ1) is 17.9. The lowest BCUT2D eigenvalue weighted by Crippen LogP contribution is -2.16. The average molecular weight is 350 g/mol. The van der Waals surface area contributed by atoms with Gasteiger partial charge in [0.2, 0.25) is 0 Å². The van der Waals surface area contributed by atoms with Crippen LogP contribution < -0.4 is 5.63 Å². The summed E-state index contributed by atoms with van der Waals surface area (Å²) < 4.78 is 10.9. The van der Waals surface area contributed by atoms with Gasteiger partial charge in [-0.3, -0.25) is 4.79 Å². The molecular formula is C22H22O4. The van der Waals surface area contributed by atoms with Crippen LogP contribution >= 0.6 is 0 Å². The summed E-state index contributed by atoms with van der Waals surface area (Å²) in [6.45, 7) is 5.89. The molecule has 1 aromatic heterocycles. The van der Waals surface area contributed by atoms with Gasteiger partial charge in [0.25, 0.3) is 0 Å². The summed E-state index contributed by atoms with van der Waals surface area (Å²) in [5.74, 6) is -0.601. The van der Waals surface area contributed by atoms with Crippen molar-refractivity contribution in [3.63, 3.8) is 0 Å². The molecule has 134 valence electrons. The van der Waals surface area contributed by atoms with E-state index in [0.717, 1.165) is 22.1 Å². The normalized spacial score (nSPS) is 12.1. The molecule has 3 rings (SSSR count). The molecule has 0 aliphatic rings. The van der Waals surface area contributed by atoms with Crippen molar-refractivity contribution in [3.05, 3.63) is 81.2 Å². The molecule has 26 heavy (non-hydrogen) atoms. The van der Waals surface area contributed by atoms with Crippen LogP contribution in [0.5, 0.6) is 0 Å². The van der Waals surface area contributed by atoms with Crippen LogP contribution in [0.1, 0.15) is 41.5 Å². The van der Waals surface area contributed by atoms with E-state index >= 15 is 0 Å². The summed E-state index contributed by atoms with van der Waals surface area (Å²) in [6, 6.07) is 14.9. The number of ether oxygens (including phenoxy) is 1. The molecule has 0 bridgehead atoms. The lowest BCUT2D eigenvalue weighted by molar-refractivity contribution is -0.146. The van der Waals surface area contributed by atoms with Gasteiger partial charge in [-0.1, -0.05) is 49.4 Å². The minimum atomic E-state index is -0.438.